The minimum Gasteiger partial charge on any atom is -0.315 e. The van der Waals surface area contributed by atoms with Crippen molar-refractivity contribution in [1.82, 2.24) is 10.2 Å². The molecular weight excluding hydrogens is 267 g/mol. The van der Waals surface area contributed by atoms with E-state index < -0.39 is 0 Å². The number of nitrogens with one attached hydrogen (secondary N) is 1. The molecule has 1 N–H and O–H groups in total. The molecule has 1 aromatic rings. The third kappa shape index (κ3) is 2.39. The van der Waals surface area contributed by atoms with Crippen molar-refractivity contribution in [2.75, 3.05) is 19.6 Å². The van der Waals surface area contributed by atoms with Crippen LogP contribution in [0.4, 0.5) is 0 Å². The van der Waals surface area contributed by atoms with Gasteiger partial charge >= 0.3 is 0 Å². The maximum Gasteiger partial charge on any atom is 0.0465 e. The molecule has 1 aromatic carbocycles. The molecule has 0 aromatic heterocycles. The van der Waals surface area contributed by atoms with E-state index in [0.717, 1.165) is 47.7 Å². The number of rotatable bonds is 2. The summed E-state index contributed by atoms with van der Waals surface area (Å²) in [5.74, 6) is 0.806. The zero-order valence-electron chi connectivity index (χ0n) is 10.3. The number of halogens is 2. The molecule has 3 rings (SSSR count). The standard InChI is InChI=1S/C14H18Cl2N2/c15-12-4-1-5-13(16)11(12)9-18-6-2-3-10-7-17-8-14(10)18/h1,4-5,10,14,17H,2-3,6-9H2. The predicted molar refractivity (Wildman–Crippen MR) is 76.3 cm³/mol. The quantitative estimate of drug-likeness (QED) is 0.898. The first-order valence-corrected chi connectivity index (χ1v) is 7.39. The SMILES string of the molecule is Clc1cccc(Cl)c1CN1CCCC2CNCC21. The summed E-state index contributed by atoms with van der Waals surface area (Å²) in [5, 5.41) is 5.08. The fourth-order valence-electron chi connectivity index (χ4n) is 3.25. The molecule has 0 saturated carbocycles. The first-order valence-electron chi connectivity index (χ1n) is 6.63. The van der Waals surface area contributed by atoms with Crippen molar-refractivity contribution < 1.29 is 0 Å². The molecule has 0 aliphatic carbocycles. The van der Waals surface area contributed by atoms with Crippen LogP contribution in [0, 0.1) is 5.92 Å². The highest BCUT2D eigenvalue weighted by Crippen LogP contribution is 2.31. The molecule has 2 heterocycles. The van der Waals surface area contributed by atoms with E-state index >= 15 is 0 Å². The molecule has 98 valence electrons. The van der Waals surface area contributed by atoms with Gasteiger partial charge < -0.3 is 5.32 Å². The van der Waals surface area contributed by atoms with E-state index in [4.69, 9.17) is 23.2 Å². The number of fused-ring (bicyclic) bond motifs is 1. The fourth-order valence-corrected chi connectivity index (χ4v) is 3.76. The van der Waals surface area contributed by atoms with Crippen molar-refractivity contribution in [1.29, 1.82) is 0 Å². The average Bonchev–Trinajstić information content (AvgIpc) is 2.83. The number of hydrogen-bond acceptors (Lipinski definition) is 2. The monoisotopic (exact) mass is 284 g/mol. The lowest BCUT2D eigenvalue weighted by Crippen LogP contribution is -2.44. The van der Waals surface area contributed by atoms with Gasteiger partial charge in [-0.2, -0.15) is 0 Å². The Morgan fingerprint density at radius 3 is 2.78 bits per heavy atom. The number of piperidine rings is 1. The van der Waals surface area contributed by atoms with Crippen LogP contribution in [0.3, 0.4) is 0 Å². The van der Waals surface area contributed by atoms with Crippen LogP contribution in [-0.4, -0.2) is 30.6 Å². The van der Waals surface area contributed by atoms with Crippen LogP contribution in [-0.2, 0) is 6.54 Å². The van der Waals surface area contributed by atoms with Crippen molar-refractivity contribution in [3.05, 3.63) is 33.8 Å². The van der Waals surface area contributed by atoms with Crippen LogP contribution < -0.4 is 5.32 Å². The lowest BCUT2D eigenvalue weighted by Gasteiger charge is -2.37. The first kappa shape index (κ1) is 12.7. The lowest BCUT2D eigenvalue weighted by atomic mass is 9.91. The van der Waals surface area contributed by atoms with E-state index in [2.05, 4.69) is 10.2 Å². The van der Waals surface area contributed by atoms with Gasteiger partial charge in [-0.1, -0.05) is 29.3 Å². The minimum absolute atomic E-state index is 0.658. The maximum atomic E-state index is 6.26. The van der Waals surface area contributed by atoms with Gasteiger partial charge in [-0.25, -0.2) is 0 Å². The van der Waals surface area contributed by atoms with Crippen LogP contribution >= 0.6 is 23.2 Å². The minimum atomic E-state index is 0.658. The van der Waals surface area contributed by atoms with Gasteiger partial charge in [0.25, 0.3) is 0 Å². The third-order valence-corrected chi connectivity index (χ3v) is 4.92. The average molecular weight is 285 g/mol. The normalized spacial score (nSPS) is 28.3. The van der Waals surface area contributed by atoms with Gasteiger partial charge in [0, 0.05) is 34.7 Å². The summed E-state index contributed by atoms with van der Waals surface area (Å²) < 4.78 is 0. The lowest BCUT2D eigenvalue weighted by molar-refractivity contribution is 0.117. The highest BCUT2D eigenvalue weighted by Gasteiger charge is 2.35. The molecule has 2 fully saturated rings. The third-order valence-electron chi connectivity index (χ3n) is 4.22. The van der Waals surface area contributed by atoms with E-state index in [-0.39, 0.29) is 0 Å². The number of nitrogens with zero attached hydrogens (tertiary/aromatic N) is 1. The molecule has 0 radical (unpaired) electrons. The Morgan fingerprint density at radius 1 is 1.22 bits per heavy atom. The second-order valence-corrected chi connectivity index (χ2v) is 6.11. The summed E-state index contributed by atoms with van der Waals surface area (Å²) in [7, 11) is 0. The summed E-state index contributed by atoms with van der Waals surface area (Å²) in [4.78, 5) is 2.54. The Kier molecular flexibility index (Phi) is 3.81. The smallest absolute Gasteiger partial charge is 0.0465 e. The summed E-state index contributed by atoms with van der Waals surface area (Å²) in [6.45, 7) is 4.30. The number of benzene rings is 1. The predicted octanol–water partition coefficient (Wildman–Crippen LogP) is 3.18. The summed E-state index contributed by atoms with van der Waals surface area (Å²) in [6.07, 6.45) is 2.63. The van der Waals surface area contributed by atoms with E-state index in [1.54, 1.807) is 0 Å². The molecule has 18 heavy (non-hydrogen) atoms. The second-order valence-electron chi connectivity index (χ2n) is 5.30. The van der Waals surface area contributed by atoms with Crippen LogP contribution in [0.5, 0.6) is 0 Å². The Morgan fingerprint density at radius 2 is 2.00 bits per heavy atom. The summed E-state index contributed by atoms with van der Waals surface area (Å²) >= 11 is 12.5. The maximum absolute atomic E-state index is 6.26. The van der Waals surface area contributed by atoms with Gasteiger partial charge in [0.05, 0.1) is 0 Å². The van der Waals surface area contributed by atoms with Crippen LogP contribution in [0.15, 0.2) is 18.2 Å². The molecule has 2 unspecified atom stereocenters. The molecule has 0 bridgehead atoms. The summed E-state index contributed by atoms with van der Waals surface area (Å²) in [5.41, 5.74) is 1.08. The van der Waals surface area contributed by atoms with E-state index in [1.807, 2.05) is 18.2 Å². The van der Waals surface area contributed by atoms with Crippen molar-refractivity contribution in [2.24, 2.45) is 5.92 Å². The molecule has 0 amide bonds. The van der Waals surface area contributed by atoms with Gasteiger partial charge in [0.15, 0.2) is 0 Å². The molecule has 0 spiro atoms. The van der Waals surface area contributed by atoms with Gasteiger partial charge in [0.1, 0.15) is 0 Å². The number of hydrogen-bond donors (Lipinski definition) is 1. The molecule has 2 atom stereocenters. The van der Waals surface area contributed by atoms with E-state index in [9.17, 15) is 0 Å². The fraction of sp³-hybridized carbons (Fsp3) is 0.571. The molecule has 2 nitrogen and oxygen atoms in total. The molecular formula is C14H18Cl2N2. The van der Waals surface area contributed by atoms with Crippen molar-refractivity contribution in [3.63, 3.8) is 0 Å². The molecule has 4 heteroatoms. The van der Waals surface area contributed by atoms with Crippen LogP contribution in [0.25, 0.3) is 0 Å². The zero-order valence-corrected chi connectivity index (χ0v) is 11.8. The second kappa shape index (κ2) is 5.38. The zero-order chi connectivity index (χ0) is 12.5. The van der Waals surface area contributed by atoms with Gasteiger partial charge in [0.2, 0.25) is 0 Å². The van der Waals surface area contributed by atoms with E-state index in [1.165, 1.54) is 12.8 Å². The van der Waals surface area contributed by atoms with Gasteiger partial charge in [-0.05, 0) is 44.0 Å². The number of likely N-dealkylation sites (tertiary alicyclic amines) is 1. The highest BCUT2D eigenvalue weighted by atomic mass is 35.5. The van der Waals surface area contributed by atoms with Crippen molar-refractivity contribution >= 4 is 23.2 Å². The topological polar surface area (TPSA) is 15.3 Å². The van der Waals surface area contributed by atoms with Crippen LogP contribution in [0.1, 0.15) is 18.4 Å². The Bertz CT molecular complexity index is 416. The first-order chi connectivity index (χ1) is 8.75. The highest BCUT2D eigenvalue weighted by molar-refractivity contribution is 6.35. The van der Waals surface area contributed by atoms with Crippen molar-refractivity contribution in [2.45, 2.75) is 25.4 Å². The van der Waals surface area contributed by atoms with Crippen molar-refractivity contribution in [3.8, 4) is 0 Å². The summed E-state index contributed by atoms with van der Waals surface area (Å²) in [6, 6.07) is 6.42. The molecule has 2 aliphatic rings. The van der Waals surface area contributed by atoms with Gasteiger partial charge in [-0.15, -0.1) is 0 Å². The Hall–Kier alpha value is -0.280. The van der Waals surface area contributed by atoms with E-state index in [0.29, 0.717) is 6.04 Å². The Balaban J connectivity index is 1.79. The van der Waals surface area contributed by atoms with Gasteiger partial charge in [-0.3, -0.25) is 4.90 Å². The van der Waals surface area contributed by atoms with Crippen LogP contribution in [0.2, 0.25) is 10.0 Å². The largest absolute Gasteiger partial charge is 0.315 e. The molecule has 2 saturated heterocycles. The molecule has 2 aliphatic heterocycles. The Labute approximate surface area is 118 Å².